The van der Waals surface area contributed by atoms with E-state index in [0.717, 1.165) is 28.6 Å². The summed E-state index contributed by atoms with van der Waals surface area (Å²) in [7, 11) is 0. The summed E-state index contributed by atoms with van der Waals surface area (Å²) in [4.78, 5) is 13.5. The molecule has 1 N–H and O–H groups in total. The molecular formula is C29H31NO. The Hall–Kier alpha value is -2.87. The van der Waals surface area contributed by atoms with Crippen LogP contribution in [0.1, 0.15) is 70.2 Å². The molecule has 3 aromatic carbocycles. The van der Waals surface area contributed by atoms with E-state index in [4.69, 9.17) is 0 Å². The molecule has 0 saturated heterocycles. The third-order valence-corrected chi connectivity index (χ3v) is 6.85. The minimum absolute atomic E-state index is 0.0245. The van der Waals surface area contributed by atoms with E-state index in [1.807, 2.05) is 0 Å². The number of rotatable bonds is 1. The van der Waals surface area contributed by atoms with Crippen LogP contribution in [0.2, 0.25) is 0 Å². The van der Waals surface area contributed by atoms with Crippen LogP contribution in [-0.4, -0.2) is 5.78 Å². The normalized spacial score (nSPS) is 20.3. The number of hydrogen-bond donors (Lipinski definition) is 1. The van der Waals surface area contributed by atoms with Crippen molar-refractivity contribution < 1.29 is 4.79 Å². The van der Waals surface area contributed by atoms with Crippen LogP contribution in [0.4, 0.5) is 5.69 Å². The molecule has 1 atom stereocenters. The van der Waals surface area contributed by atoms with E-state index in [9.17, 15) is 4.79 Å². The van der Waals surface area contributed by atoms with Gasteiger partial charge >= 0.3 is 0 Å². The average molecular weight is 410 g/mol. The number of benzene rings is 3. The van der Waals surface area contributed by atoms with Crippen LogP contribution in [0, 0.1) is 5.41 Å². The maximum absolute atomic E-state index is 13.5. The van der Waals surface area contributed by atoms with Gasteiger partial charge in [0.15, 0.2) is 5.78 Å². The van der Waals surface area contributed by atoms with Gasteiger partial charge in [0.25, 0.3) is 0 Å². The molecule has 0 unspecified atom stereocenters. The number of carbonyl (C=O) groups excluding carboxylic acids is 1. The number of Topliss-reactive ketones (excluding diaryl/α,β-unsaturated/α-hetero) is 1. The van der Waals surface area contributed by atoms with Crippen LogP contribution in [0.5, 0.6) is 0 Å². The molecule has 1 heterocycles. The fourth-order valence-corrected chi connectivity index (χ4v) is 5.28. The van der Waals surface area contributed by atoms with Gasteiger partial charge in [-0.2, -0.15) is 0 Å². The highest BCUT2D eigenvalue weighted by atomic mass is 16.1. The minimum atomic E-state index is -0.0245. The lowest BCUT2D eigenvalue weighted by atomic mass is 9.67. The van der Waals surface area contributed by atoms with Crippen LogP contribution in [0.3, 0.4) is 0 Å². The molecule has 2 heteroatoms. The van der Waals surface area contributed by atoms with E-state index < -0.39 is 0 Å². The average Bonchev–Trinajstić information content (AvgIpc) is 2.71. The molecular weight excluding hydrogens is 378 g/mol. The molecule has 0 bridgehead atoms. The zero-order valence-corrected chi connectivity index (χ0v) is 19.2. The van der Waals surface area contributed by atoms with Gasteiger partial charge in [0.1, 0.15) is 0 Å². The molecule has 158 valence electrons. The number of nitrogens with one attached hydrogen (secondary N) is 1. The quantitative estimate of drug-likeness (QED) is 0.452. The molecule has 5 rings (SSSR count). The number of ketones is 1. The Morgan fingerprint density at radius 2 is 1.61 bits per heavy atom. The summed E-state index contributed by atoms with van der Waals surface area (Å²) in [6.07, 6.45) is 1.53. The van der Waals surface area contributed by atoms with E-state index in [0.29, 0.717) is 6.42 Å². The van der Waals surface area contributed by atoms with Crippen molar-refractivity contribution >= 4 is 27.8 Å². The van der Waals surface area contributed by atoms with Gasteiger partial charge in [0.2, 0.25) is 0 Å². The van der Waals surface area contributed by atoms with Crippen molar-refractivity contribution in [1.29, 1.82) is 0 Å². The van der Waals surface area contributed by atoms with Gasteiger partial charge in [-0.1, -0.05) is 89.2 Å². The lowest BCUT2D eigenvalue weighted by Gasteiger charge is -2.40. The smallest absolute Gasteiger partial charge is 0.164 e. The van der Waals surface area contributed by atoms with Gasteiger partial charge < -0.3 is 5.32 Å². The Morgan fingerprint density at radius 3 is 2.32 bits per heavy atom. The number of allylic oxidation sites excluding steroid dienone is 1. The SMILES string of the molecule is CC1(C)CC(=O)C2=C(C1)[C@H](c1ccc(C(C)(C)C)cc1)Nc1ccc3ccccc3c12. The second kappa shape index (κ2) is 6.82. The Balaban J connectivity index is 1.72. The molecule has 2 nitrogen and oxygen atoms in total. The lowest BCUT2D eigenvalue weighted by molar-refractivity contribution is -0.116. The summed E-state index contributed by atoms with van der Waals surface area (Å²) in [6.45, 7) is 11.2. The van der Waals surface area contributed by atoms with E-state index in [1.54, 1.807) is 0 Å². The molecule has 31 heavy (non-hydrogen) atoms. The second-order valence-corrected chi connectivity index (χ2v) is 11.0. The van der Waals surface area contributed by atoms with E-state index in [1.165, 1.54) is 22.1 Å². The Bertz CT molecular complexity index is 1220. The van der Waals surface area contributed by atoms with Crippen molar-refractivity contribution in [2.24, 2.45) is 5.41 Å². The van der Waals surface area contributed by atoms with Gasteiger partial charge in [0, 0.05) is 23.2 Å². The zero-order chi connectivity index (χ0) is 22.0. The van der Waals surface area contributed by atoms with Crippen LogP contribution in [0.25, 0.3) is 16.3 Å². The molecule has 0 saturated carbocycles. The van der Waals surface area contributed by atoms with Gasteiger partial charge in [-0.05, 0) is 50.8 Å². The molecule has 0 radical (unpaired) electrons. The monoisotopic (exact) mass is 409 g/mol. The number of fused-ring (bicyclic) bond motifs is 4. The standard InChI is InChI=1S/C29H31NO/c1-28(2,3)20-13-10-19(11-14-20)27-22-16-29(4,5)17-24(31)26(22)25-21-9-7-6-8-18(21)12-15-23(25)30-27/h6-15,27,30H,16-17H2,1-5H3/t27-/m0/s1. The van der Waals surface area contributed by atoms with Gasteiger partial charge in [-0.15, -0.1) is 0 Å². The highest BCUT2D eigenvalue weighted by molar-refractivity contribution is 6.28. The van der Waals surface area contributed by atoms with E-state index in [2.05, 4.69) is 101 Å². The first-order valence-corrected chi connectivity index (χ1v) is 11.3. The van der Waals surface area contributed by atoms with Crippen molar-refractivity contribution in [3.05, 3.63) is 82.9 Å². The maximum Gasteiger partial charge on any atom is 0.164 e. The fourth-order valence-electron chi connectivity index (χ4n) is 5.28. The van der Waals surface area contributed by atoms with Crippen molar-refractivity contribution in [1.82, 2.24) is 0 Å². The third-order valence-electron chi connectivity index (χ3n) is 6.85. The summed E-state index contributed by atoms with van der Waals surface area (Å²) in [5.74, 6) is 0.279. The summed E-state index contributed by atoms with van der Waals surface area (Å²) >= 11 is 0. The van der Waals surface area contributed by atoms with E-state index in [-0.39, 0.29) is 22.7 Å². The predicted octanol–water partition coefficient (Wildman–Crippen LogP) is 7.45. The molecule has 1 aliphatic heterocycles. The van der Waals surface area contributed by atoms with Crippen LogP contribution in [-0.2, 0) is 10.2 Å². The van der Waals surface area contributed by atoms with Crippen molar-refractivity contribution in [2.75, 3.05) is 5.32 Å². The molecule has 0 amide bonds. The summed E-state index contributed by atoms with van der Waals surface area (Å²) in [6, 6.07) is 21.7. The predicted molar refractivity (Wildman–Crippen MR) is 130 cm³/mol. The van der Waals surface area contributed by atoms with Gasteiger partial charge in [-0.25, -0.2) is 0 Å². The largest absolute Gasteiger partial charge is 0.374 e. The summed E-state index contributed by atoms with van der Waals surface area (Å²) < 4.78 is 0. The number of anilines is 1. The second-order valence-electron chi connectivity index (χ2n) is 11.0. The molecule has 0 fully saturated rings. The lowest BCUT2D eigenvalue weighted by Crippen LogP contribution is -2.32. The van der Waals surface area contributed by atoms with Crippen molar-refractivity contribution in [2.45, 2.75) is 58.9 Å². The van der Waals surface area contributed by atoms with Crippen LogP contribution in [0.15, 0.2) is 66.2 Å². The first kappa shape index (κ1) is 20.1. The van der Waals surface area contributed by atoms with Crippen molar-refractivity contribution in [3.63, 3.8) is 0 Å². The summed E-state index contributed by atoms with van der Waals surface area (Å²) in [5.41, 5.74) is 7.01. The number of hydrogen-bond acceptors (Lipinski definition) is 2. The first-order valence-electron chi connectivity index (χ1n) is 11.3. The molecule has 0 aromatic heterocycles. The molecule has 1 aliphatic carbocycles. The summed E-state index contributed by atoms with van der Waals surface area (Å²) in [5, 5.41) is 6.15. The van der Waals surface area contributed by atoms with Gasteiger partial charge in [-0.3, -0.25) is 4.79 Å². The first-order chi connectivity index (χ1) is 14.6. The molecule has 2 aliphatic rings. The third kappa shape index (κ3) is 3.39. The number of carbonyl (C=O) groups is 1. The molecule has 0 spiro atoms. The highest BCUT2D eigenvalue weighted by Gasteiger charge is 2.40. The van der Waals surface area contributed by atoms with Crippen LogP contribution >= 0.6 is 0 Å². The minimum Gasteiger partial charge on any atom is -0.374 e. The van der Waals surface area contributed by atoms with E-state index >= 15 is 0 Å². The Labute approximate surface area is 185 Å². The van der Waals surface area contributed by atoms with Crippen molar-refractivity contribution in [3.8, 4) is 0 Å². The zero-order valence-electron chi connectivity index (χ0n) is 19.2. The maximum atomic E-state index is 13.5. The molecule has 3 aromatic rings. The van der Waals surface area contributed by atoms with Crippen LogP contribution < -0.4 is 5.32 Å². The Kier molecular flexibility index (Phi) is 4.41. The Morgan fingerprint density at radius 1 is 0.903 bits per heavy atom. The van der Waals surface area contributed by atoms with Gasteiger partial charge in [0.05, 0.1) is 6.04 Å². The highest BCUT2D eigenvalue weighted by Crippen LogP contribution is 2.51. The topological polar surface area (TPSA) is 29.1 Å². The fraction of sp³-hybridized carbons (Fsp3) is 0.345.